The lowest BCUT2D eigenvalue weighted by Gasteiger charge is -2.09. The van der Waals surface area contributed by atoms with Gasteiger partial charge in [-0.1, -0.05) is 46.0 Å². The van der Waals surface area contributed by atoms with Crippen LogP contribution in [0.5, 0.6) is 0 Å². The zero-order valence-corrected chi connectivity index (χ0v) is 17.9. The van der Waals surface area contributed by atoms with Crippen LogP contribution in [0.15, 0.2) is 0 Å². The van der Waals surface area contributed by atoms with Gasteiger partial charge in [-0.05, 0) is 51.9 Å². The van der Waals surface area contributed by atoms with Gasteiger partial charge in [-0.15, -0.1) is 0 Å². The summed E-state index contributed by atoms with van der Waals surface area (Å²) in [5.41, 5.74) is 0. The van der Waals surface area contributed by atoms with Crippen LogP contribution in [0, 0.1) is 0 Å². The summed E-state index contributed by atoms with van der Waals surface area (Å²) in [6.45, 7) is 15.6. The van der Waals surface area contributed by atoms with E-state index in [4.69, 9.17) is 0 Å². The molecule has 5 nitrogen and oxygen atoms in total. The molecule has 0 atom stereocenters. The highest BCUT2D eigenvalue weighted by molar-refractivity contribution is 4.57. The van der Waals surface area contributed by atoms with E-state index in [0.29, 0.717) is 0 Å². The first-order valence-electron chi connectivity index (χ1n) is 11.4. The third-order valence-corrected chi connectivity index (χ3v) is 4.56. The third-order valence-electron chi connectivity index (χ3n) is 4.56. The van der Waals surface area contributed by atoms with E-state index < -0.39 is 0 Å². The summed E-state index contributed by atoms with van der Waals surface area (Å²) in [6.07, 6.45) is 11.9. The van der Waals surface area contributed by atoms with Gasteiger partial charge in [0.2, 0.25) is 0 Å². The molecule has 0 radical (unpaired) electrons. The molecule has 0 aromatic carbocycles. The van der Waals surface area contributed by atoms with Crippen LogP contribution in [0.3, 0.4) is 0 Å². The van der Waals surface area contributed by atoms with E-state index in [-0.39, 0.29) is 0 Å². The monoisotopic (exact) mass is 371 g/mol. The van der Waals surface area contributed by atoms with E-state index >= 15 is 0 Å². The summed E-state index contributed by atoms with van der Waals surface area (Å²) < 4.78 is 0. The van der Waals surface area contributed by atoms with Crippen molar-refractivity contribution in [2.45, 2.75) is 71.6 Å². The van der Waals surface area contributed by atoms with Gasteiger partial charge in [0, 0.05) is 39.3 Å². The van der Waals surface area contributed by atoms with Gasteiger partial charge < -0.3 is 26.6 Å². The second kappa shape index (κ2) is 24.8. The van der Waals surface area contributed by atoms with Gasteiger partial charge in [0.05, 0.1) is 0 Å². The van der Waals surface area contributed by atoms with Crippen molar-refractivity contribution in [1.29, 1.82) is 0 Å². The number of hydrogen-bond donors (Lipinski definition) is 5. The van der Waals surface area contributed by atoms with Crippen LogP contribution in [0.1, 0.15) is 71.6 Å². The van der Waals surface area contributed by atoms with Crippen LogP contribution < -0.4 is 26.6 Å². The molecule has 0 amide bonds. The molecule has 158 valence electrons. The number of unbranched alkanes of at least 4 members (excludes halogenated alkanes) is 6. The molecule has 5 heteroatoms. The highest BCUT2D eigenvalue weighted by Gasteiger charge is 1.92. The van der Waals surface area contributed by atoms with Crippen molar-refractivity contribution in [3.05, 3.63) is 0 Å². The molecule has 0 rings (SSSR count). The standard InChI is InChI=1S/C21H49N5/c1-3-5-7-9-13-23-16-18-25-20-21-26-19-17-24-15-11-10-14-22-12-8-6-4-2/h22-26H,3-21H2,1-2H3. The molecule has 0 spiro atoms. The van der Waals surface area contributed by atoms with E-state index in [1.807, 2.05) is 0 Å². The molecule has 0 saturated carbocycles. The number of rotatable bonds is 23. The molecule has 0 aromatic heterocycles. The summed E-state index contributed by atoms with van der Waals surface area (Å²) in [5, 5.41) is 17.5. The summed E-state index contributed by atoms with van der Waals surface area (Å²) in [7, 11) is 0. The lowest BCUT2D eigenvalue weighted by Crippen LogP contribution is -2.35. The largest absolute Gasteiger partial charge is 0.317 e. The van der Waals surface area contributed by atoms with Gasteiger partial charge in [0.1, 0.15) is 0 Å². The second-order valence-corrected chi connectivity index (χ2v) is 7.22. The predicted octanol–water partition coefficient (Wildman–Crippen LogP) is 2.49. The Kier molecular flexibility index (Phi) is 24.6. The molecule has 0 aliphatic rings. The van der Waals surface area contributed by atoms with Crippen molar-refractivity contribution >= 4 is 0 Å². The minimum Gasteiger partial charge on any atom is -0.317 e. The topological polar surface area (TPSA) is 60.1 Å². The summed E-state index contributed by atoms with van der Waals surface area (Å²) in [5.74, 6) is 0. The highest BCUT2D eigenvalue weighted by atomic mass is 15.0. The molecular formula is C21H49N5. The first-order chi connectivity index (χ1) is 12.9. The molecule has 0 aliphatic carbocycles. The van der Waals surface area contributed by atoms with Gasteiger partial charge in [-0.2, -0.15) is 0 Å². The Hall–Kier alpha value is -0.200. The fourth-order valence-corrected chi connectivity index (χ4v) is 2.83. The first kappa shape index (κ1) is 25.8. The van der Waals surface area contributed by atoms with Gasteiger partial charge >= 0.3 is 0 Å². The predicted molar refractivity (Wildman–Crippen MR) is 117 cm³/mol. The minimum atomic E-state index is 1.06. The smallest absolute Gasteiger partial charge is 0.00772 e. The Morgan fingerprint density at radius 1 is 0.308 bits per heavy atom. The van der Waals surface area contributed by atoms with E-state index in [0.717, 1.165) is 45.8 Å². The van der Waals surface area contributed by atoms with Crippen molar-refractivity contribution in [3.63, 3.8) is 0 Å². The van der Waals surface area contributed by atoms with Crippen LogP contribution in [0.4, 0.5) is 0 Å². The Balaban J connectivity index is 2.95. The maximum atomic E-state index is 3.52. The Labute approximate surface area is 164 Å². The van der Waals surface area contributed by atoms with Gasteiger partial charge in [0.15, 0.2) is 0 Å². The zero-order chi connectivity index (χ0) is 19.0. The van der Waals surface area contributed by atoms with Crippen LogP contribution >= 0.6 is 0 Å². The zero-order valence-electron chi connectivity index (χ0n) is 17.9. The minimum absolute atomic E-state index is 1.06. The van der Waals surface area contributed by atoms with Crippen molar-refractivity contribution in [2.24, 2.45) is 0 Å². The molecule has 0 heterocycles. The van der Waals surface area contributed by atoms with Crippen molar-refractivity contribution in [1.82, 2.24) is 26.6 Å². The van der Waals surface area contributed by atoms with E-state index in [1.165, 1.54) is 77.4 Å². The normalized spacial score (nSPS) is 11.3. The fourth-order valence-electron chi connectivity index (χ4n) is 2.83. The molecule has 0 fully saturated rings. The third kappa shape index (κ3) is 23.8. The van der Waals surface area contributed by atoms with Crippen LogP contribution in [-0.2, 0) is 0 Å². The van der Waals surface area contributed by atoms with Crippen LogP contribution in [-0.4, -0.2) is 65.4 Å². The van der Waals surface area contributed by atoms with Gasteiger partial charge in [-0.25, -0.2) is 0 Å². The molecule has 0 aromatic rings. The molecule has 5 N–H and O–H groups in total. The Morgan fingerprint density at radius 3 is 1.00 bits per heavy atom. The quantitative estimate of drug-likeness (QED) is 0.179. The first-order valence-corrected chi connectivity index (χ1v) is 11.4. The average Bonchev–Trinajstić information content (AvgIpc) is 2.66. The van der Waals surface area contributed by atoms with E-state index in [1.54, 1.807) is 0 Å². The summed E-state index contributed by atoms with van der Waals surface area (Å²) >= 11 is 0. The second-order valence-electron chi connectivity index (χ2n) is 7.22. The van der Waals surface area contributed by atoms with Crippen LogP contribution in [0.25, 0.3) is 0 Å². The number of nitrogens with one attached hydrogen (secondary N) is 5. The lowest BCUT2D eigenvalue weighted by atomic mass is 10.2. The maximum absolute atomic E-state index is 3.52. The van der Waals surface area contributed by atoms with E-state index in [2.05, 4.69) is 40.4 Å². The van der Waals surface area contributed by atoms with Crippen molar-refractivity contribution in [2.75, 3.05) is 65.4 Å². The molecule has 0 aliphatic heterocycles. The summed E-state index contributed by atoms with van der Waals surface area (Å²) in [4.78, 5) is 0. The Bertz CT molecular complexity index is 214. The van der Waals surface area contributed by atoms with Crippen LogP contribution in [0.2, 0.25) is 0 Å². The highest BCUT2D eigenvalue weighted by Crippen LogP contribution is 1.96. The SMILES string of the molecule is CCCCCCNCCNCCNCCNCCCCNCCCCC. The van der Waals surface area contributed by atoms with Gasteiger partial charge in [0.25, 0.3) is 0 Å². The van der Waals surface area contributed by atoms with Crippen molar-refractivity contribution in [3.8, 4) is 0 Å². The molecular weight excluding hydrogens is 322 g/mol. The van der Waals surface area contributed by atoms with Gasteiger partial charge in [-0.3, -0.25) is 0 Å². The lowest BCUT2D eigenvalue weighted by molar-refractivity contribution is 0.541. The Morgan fingerprint density at radius 2 is 0.577 bits per heavy atom. The molecule has 0 unspecified atom stereocenters. The maximum Gasteiger partial charge on any atom is 0.00772 e. The molecule has 0 bridgehead atoms. The van der Waals surface area contributed by atoms with E-state index in [9.17, 15) is 0 Å². The fraction of sp³-hybridized carbons (Fsp3) is 1.00. The molecule has 0 saturated heterocycles. The number of hydrogen-bond acceptors (Lipinski definition) is 5. The average molecular weight is 372 g/mol. The van der Waals surface area contributed by atoms with Crippen molar-refractivity contribution < 1.29 is 0 Å². The molecule has 26 heavy (non-hydrogen) atoms. The summed E-state index contributed by atoms with van der Waals surface area (Å²) in [6, 6.07) is 0.